The summed E-state index contributed by atoms with van der Waals surface area (Å²) in [5.41, 5.74) is 6.07. The minimum atomic E-state index is -1.21. The number of anilines is 3. The van der Waals surface area contributed by atoms with Crippen LogP contribution in [-0.4, -0.2) is 22.1 Å². The Balaban J connectivity index is 2.23. The van der Waals surface area contributed by atoms with Gasteiger partial charge in [0.05, 0.1) is 17.1 Å². The molecule has 29 heavy (non-hydrogen) atoms. The molecule has 0 fully saturated rings. The Morgan fingerprint density at radius 3 is 1.76 bits per heavy atom. The molecule has 0 saturated heterocycles. The highest BCUT2D eigenvalue weighted by Crippen LogP contribution is 2.38. The first-order chi connectivity index (χ1) is 13.7. The molecular formula is C22H23N3O3S. The fraction of sp³-hybridized carbons (Fsp3) is 0.227. The van der Waals surface area contributed by atoms with E-state index in [1.54, 1.807) is 11.8 Å². The van der Waals surface area contributed by atoms with E-state index in [0.29, 0.717) is 10.6 Å². The van der Waals surface area contributed by atoms with Crippen LogP contribution >= 0.6 is 11.3 Å². The van der Waals surface area contributed by atoms with Gasteiger partial charge in [-0.15, -0.1) is 0 Å². The van der Waals surface area contributed by atoms with Gasteiger partial charge < -0.3 is 5.11 Å². The lowest BCUT2D eigenvalue weighted by Gasteiger charge is -2.29. The molecule has 1 heterocycles. The van der Waals surface area contributed by atoms with Crippen molar-refractivity contribution in [3.8, 4) is 0 Å². The summed E-state index contributed by atoms with van der Waals surface area (Å²) < 4.78 is 0. The van der Waals surface area contributed by atoms with Crippen LogP contribution in [-0.2, 0) is 0 Å². The third-order valence-electron chi connectivity index (χ3n) is 4.73. The van der Waals surface area contributed by atoms with Gasteiger partial charge in [0, 0.05) is 0 Å². The Kier molecular flexibility index (Phi) is 5.70. The third-order valence-corrected chi connectivity index (χ3v) is 5.79. The normalized spacial score (nSPS) is 10.7. The second-order valence-electron chi connectivity index (χ2n) is 6.99. The number of nitrogens with one attached hydrogen (secondary N) is 1. The number of thiazole rings is 1. The number of carbonyl (C=O) groups is 2. The molecule has 6 nitrogen and oxygen atoms in total. The van der Waals surface area contributed by atoms with Gasteiger partial charge in [-0.25, -0.2) is 9.78 Å². The van der Waals surface area contributed by atoms with Crippen molar-refractivity contribution in [2.45, 2.75) is 34.6 Å². The summed E-state index contributed by atoms with van der Waals surface area (Å²) in [4.78, 5) is 31.1. The number of carbonyl (C=O) groups excluding carboxylic acids is 1. The summed E-state index contributed by atoms with van der Waals surface area (Å²) in [6.07, 6.45) is -1.21. The van der Waals surface area contributed by atoms with Crippen molar-refractivity contribution in [2.24, 2.45) is 0 Å². The van der Waals surface area contributed by atoms with Crippen LogP contribution in [0.25, 0.3) is 0 Å². The van der Waals surface area contributed by atoms with Crippen molar-refractivity contribution in [3.05, 3.63) is 69.2 Å². The monoisotopic (exact) mass is 409 g/mol. The first kappa shape index (κ1) is 20.5. The largest absolute Gasteiger partial charge is 0.465 e. The van der Waals surface area contributed by atoms with Crippen molar-refractivity contribution in [3.63, 3.8) is 0 Å². The van der Waals surface area contributed by atoms with E-state index >= 15 is 0 Å². The number of amides is 2. The van der Waals surface area contributed by atoms with Crippen LogP contribution in [0.5, 0.6) is 0 Å². The lowest BCUT2D eigenvalue weighted by molar-refractivity contribution is 0.100. The van der Waals surface area contributed by atoms with E-state index in [1.807, 2.05) is 64.1 Å². The van der Waals surface area contributed by atoms with Gasteiger partial charge in [0.15, 0.2) is 5.13 Å². The first-order valence-corrected chi connectivity index (χ1v) is 9.96. The Bertz CT molecular complexity index is 1010. The molecule has 2 amide bonds. The van der Waals surface area contributed by atoms with E-state index in [-0.39, 0.29) is 11.0 Å². The van der Waals surface area contributed by atoms with Crippen LogP contribution in [0.3, 0.4) is 0 Å². The number of carboxylic acid groups (broad SMARTS) is 1. The number of hydrogen-bond donors (Lipinski definition) is 2. The van der Waals surface area contributed by atoms with Gasteiger partial charge in [-0.3, -0.25) is 15.0 Å². The van der Waals surface area contributed by atoms with Crippen LogP contribution in [0.2, 0.25) is 0 Å². The van der Waals surface area contributed by atoms with Crippen LogP contribution < -0.4 is 10.2 Å². The zero-order valence-electron chi connectivity index (χ0n) is 17.0. The topological polar surface area (TPSA) is 82.5 Å². The van der Waals surface area contributed by atoms with Crippen molar-refractivity contribution >= 4 is 39.8 Å². The van der Waals surface area contributed by atoms with Gasteiger partial charge >= 0.3 is 6.09 Å². The molecule has 0 bridgehead atoms. The Morgan fingerprint density at radius 1 is 0.897 bits per heavy atom. The minimum Gasteiger partial charge on any atom is -0.465 e. The zero-order valence-corrected chi connectivity index (χ0v) is 17.8. The second-order valence-corrected chi connectivity index (χ2v) is 7.98. The molecule has 3 aromatic rings. The predicted molar refractivity (Wildman–Crippen MR) is 117 cm³/mol. The molecule has 7 heteroatoms. The molecule has 0 aliphatic rings. The maximum Gasteiger partial charge on any atom is 0.410 e. The molecule has 0 aliphatic carbocycles. The Hall–Kier alpha value is -3.19. The summed E-state index contributed by atoms with van der Waals surface area (Å²) >= 11 is 1.04. The van der Waals surface area contributed by atoms with Crippen LogP contribution in [0.15, 0.2) is 36.4 Å². The number of nitrogens with zero attached hydrogens (tertiary/aromatic N) is 2. The molecule has 1 aromatic heterocycles. The first-order valence-electron chi connectivity index (χ1n) is 9.15. The van der Waals surface area contributed by atoms with E-state index < -0.39 is 6.09 Å². The summed E-state index contributed by atoms with van der Waals surface area (Å²) in [5.74, 6) is -0.228. The average Bonchev–Trinajstić information content (AvgIpc) is 2.98. The third kappa shape index (κ3) is 4.00. The standard InChI is InChI=1S/C22H23N3O3S/c1-12-8-6-9-13(2)17(12)25(18-14(3)10-7-11-15(18)4)20(26)19-16(5)23-21(29-19)24-22(27)28/h6-11H,1-5H3,(H,23,24)(H,27,28). The van der Waals surface area contributed by atoms with Crippen LogP contribution in [0.4, 0.5) is 21.3 Å². The number of para-hydroxylation sites is 2. The van der Waals surface area contributed by atoms with Crippen LogP contribution in [0, 0.1) is 34.6 Å². The van der Waals surface area contributed by atoms with Gasteiger partial charge in [-0.2, -0.15) is 0 Å². The molecule has 2 N–H and O–H groups in total. The molecule has 0 spiro atoms. The van der Waals surface area contributed by atoms with E-state index in [9.17, 15) is 9.59 Å². The highest BCUT2D eigenvalue weighted by atomic mass is 32.1. The number of hydrogen-bond acceptors (Lipinski definition) is 4. The van der Waals surface area contributed by atoms with E-state index in [4.69, 9.17) is 5.11 Å². The van der Waals surface area contributed by atoms with Crippen molar-refractivity contribution in [1.29, 1.82) is 0 Å². The minimum absolute atomic E-state index is 0.182. The molecule has 0 aliphatic heterocycles. The number of aryl methyl sites for hydroxylation is 5. The Morgan fingerprint density at radius 2 is 1.34 bits per heavy atom. The van der Waals surface area contributed by atoms with Crippen LogP contribution in [0.1, 0.15) is 37.6 Å². The quantitative estimate of drug-likeness (QED) is 0.574. The fourth-order valence-electron chi connectivity index (χ4n) is 3.47. The van der Waals surface area contributed by atoms with Crippen molar-refractivity contribution < 1.29 is 14.7 Å². The summed E-state index contributed by atoms with van der Waals surface area (Å²) in [5, 5.41) is 11.4. The zero-order chi connectivity index (χ0) is 21.3. The fourth-order valence-corrected chi connectivity index (χ4v) is 4.36. The second kappa shape index (κ2) is 8.05. The Labute approximate surface area is 173 Å². The van der Waals surface area contributed by atoms with Gasteiger partial charge in [0.25, 0.3) is 5.91 Å². The predicted octanol–water partition coefficient (Wildman–Crippen LogP) is 5.75. The summed E-state index contributed by atoms with van der Waals surface area (Å²) in [6.45, 7) is 9.63. The molecule has 150 valence electrons. The lowest BCUT2D eigenvalue weighted by atomic mass is 10.0. The van der Waals surface area contributed by atoms with Gasteiger partial charge in [-0.1, -0.05) is 47.7 Å². The molecule has 0 unspecified atom stereocenters. The maximum atomic E-state index is 13.8. The molecule has 3 rings (SSSR count). The molecule has 0 saturated carbocycles. The molecule has 0 radical (unpaired) electrons. The maximum absolute atomic E-state index is 13.8. The average molecular weight is 410 g/mol. The van der Waals surface area contributed by atoms with Gasteiger partial charge in [0.2, 0.25) is 0 Å². The molecule has 0 atom stereocenters. The van der Waals surface area contributed by atoms with Gasteiger partial charge in [-0.05, 0) is 56.9 Å². The number of benzene rings is 2. The molecular weight excluding hydrogens is 386 g/mol. The van der Waals surface area contributed by atoms with Gasteiger partial charge in [0.1, 0.15) is 4.88 Å². The number of rotatable bonds is 4. The highest BCUT2D eigenvalue weighted by Gasteiger charge is 2.28. The number of aromatic nitrogens is 1. The summed E-state index contributed by atoms with van der Waals surface area (Å²) in [7, 11) is 0. The summed E-state index contributed by atoms with van der Waals surface area (Å²) in [6, 6.07) is 11.9. The van der Waals surface area contributed by atoms with E-state index in [1.165, 1.54) is 0 Å². The van der Waals surface area contributed by atoms with E-state index in [2.05, 4.69) is 10.3 Å². The van der Waals surface area contributed by atoms with Crippen molar-refractivity contribution in [1.82, 2.24) is 4.98 Å². The van der Waals surface area contributed by atoms with Crippen molar-refractivity contribution in [2.75, 3.05) is 10.2 Å². The molecule has 2 aromatic carbocycles. The lowest BCUT2D eigenvalue weighted by Crippen LogP contribution is -2.28. The van der Waals surface area contributed by atoms with E-state index in [0.717, 1.165) is 45.0 Å². The SMILES string of the molecule is Cc1cccc(C)c1N(C(=O)c1sc(NC(=O)O)nc1C)c1c(C)cccc1C. The smallest absolute Gasteiger partial charge is 0.410 e. The highest BCUT2D eigenvalue weighted by molar-refractivity contribution is 7.17.